The summed E-state index contributed by atoms with van der Waals surface area (Å²) >= 11 is -1.56. The molecule has 0 saturated heterocycles. The van der Waals surface area contributed by atoms with Gasteiger partial charge in [0.2, 0.25) is 0 Å². The van der Waals surface area contributed by atoms with Crippen LogP contribution >= 0.6 is 0 Å². The summed E-state index contributed by atoms with van der Waals surface area (Å²) in [6.45, 7) is 1.80. The fraction of sp³-hybridized carbons (Fsp3) is 0.250. The molecule has 0 saturated carbocycles. The number of nitrogens with zero attached hydrogens (tertiary/aromatic N) is 2. The number of pyridine rings is 1. The maximum Gasteiger partial charge on any atom is 0.573 e. The molecule has 0 bridgehead atoms. The first kappa shape index (κ1) is 18.3. The van der Waals surface area contributed by atoms with Gasteiger partial charge in [0, 0.05) is 29.0 Å². The highest BCUT2D eigenvalue weighted by Crippen LogP contribution is 2.27. The summed E-state index contributed by atoms with van der Waals surface area (Å²) in [5, 5.41) is 0.146. The van der Waals surface area contributed by atoms with E-state index in [1.807, 2.05) is 0 Å². The van der Waals surface area contributed by atoms with E-state index >= 15 is 0 Å². The Morgan fingerprint density at radius 2 is 2.04 bits per heavy atom. The van der Waals surface area contributed by atoms with Crippen LogP contribution in [0.15, 0.2) is 35.6 Å². The van der Waals surface area contributed by atoms with Crippen molar-refractivity contribution in [1.82, 2.24) is 15.0 Å². The molecule has 3 aromatic rings. The number of hydrogen-bond donors (Lipinski definition) is 1. The van der Waals surface area contributed by atoms with E-state index in [4.69, 9.17) is 4.74 Å². The van der Waals surface area contributed by atoms with Crippen molar-refractivity contribution >= 4 is 22.2 Å². The molecular weight excluding hydrogens is 371 g/mol. The number of methoxy groups -OCH3 is 1. The van der Waals surface area contributed by atoms with Crippen LogP contribution in [-0.4, -0.2) is 33.0 Å². The number of ether oxygens (including phenoxy) is 2. The Kier molecular flexibility index (Phi) is 4.97. The van der Waals surface area contributed by atoms with Gasteiger partial charge in [-0.1, -0.05) is 0 Å². The minimum Gasteiger partial charge on any atom is -0.609 e. The van der Waals surface area contributed by atoms with E-state index < -0.39 is 17.5 Å². The van der Waals surface area contributed by atoms with Gasteiger partial charge in [0.05, 0.1) is 23.8 Å². The number of aromatic nitrogens is 3. The van der Waals surface area contributed by atoms with Crippen molar-refractivity contribution in [2.45, 2.75) is 24.2 Å². The average molecular weight is 385 g/mol. The number of nitrogens with one attached hydrogen (secondary N) is 1. The average Bonchev–Trinajstić information content (AvgIpc) is 2.98. The fourth-order valence-corrected chi connectivity index (χ4v) is 3.49. The van der Waals surface area contributed by atoms with Gasteiger partial charge in [-0.2, -0.15) is 4.98 Å². The highest BCUT2D eigenvalue weighted by molar-refractivity contribution is 7.90. The number of H-pyrrole nitrogens is 1. The summed E-state index contributed by atoms with van der Waals surface area (Å²) in [4.78, 5) is 11.2. The third-order valence-electron chi connectivity index (χ3n) is 3.63. The number of alkyl halides is 3. The Bertz CT molecular complexity index is 930. The molecule has 0 amide bonds. The van der Waals surface area contributed by atoms with Gasteiger partial charge in [0.1, 0.15) is 11.5 Å². The molecule has 3 rings (SSSR count). The number of halogens is 3. The van der Waals surface area contributed by atoms with Gasteiger partial charge in [-0.25, -0.2) is 0 Å². The predicted octanol–water partition coefficient (Wildman–Crippen LogP) is 3.48. The fourth-order valence-electron chi connectivity index (χ4n) is 2.39. The van der Waals surface area contributed by atoms with Crippen molar-refractivity contribution in [2.75, 3.05) is 7.11 Å². The van der Waals surface area contributed by atoms with Crippen molar-refractivity contribution in [3.63, 3.8) is 0 Å². The van der Waals surface area contributed by atoms with Crippen LogP contribution < -0.4 is 9.47 Å². The van der Waals surface area contributed by atoms with Crippen LogP contribution in [0.3, 0.4) is 0 Å². The lowest BCUT2D eigenvalue weighted by molar-refractivity contribution is -0.274. The molecule has 1 atom stereocenters. The molecule has 138 valence electrons. The van der Waals surface area contributed by atoms with Crippen LogP contribution in [-0.2, 0) is 16.9 Å². The molecule has 1 aromatic carbocycles. The third kappa shape index (κ3) is 4.02. The molecule has 1 N–H and O–H groups in total. The molecule has 26 heavy (non-hydrogen) atoms. The summed E-state index contributed by atoms with van der Waals surface area (Å²) in [5.74, 6) is 0.332. The summed E-state index contributed by atoms with van der Waals surface area (Å²) in [6, 6.07) is 5.38. The standard InChI is InChI=1S/C16H14F3N3O3S/c1-9-13(20-6-5-14(9)24-2)8-26(23)15-21-11-4-3-10(7-12(11)22-15)25-16(17,18)19/h3-7H,8H2,1-2H3,(H,21,22). The SMILES string of the molecule is COc1ccnc(C[S+]([O-])c2nc3cc(OC(F)(F)F)ccc3[nH]2)c1C. The topological polar surface area (TPSA) is 83.1 Å². The summed E-state index contributed by atoms with van der Waals surface area (Å²) in [6.07, 6.45) is -3.23. The zero-order chi connectivity index (χ0) is 18.9. The zero-order valence-electron chi connectivity index (χ0n) is 13.8. The van der Waals surface area contributed by atoms with Gasteiger partial charge >= 0.3 is 11.5 Å². The molecule has 10 heteroatoms. The van der Waals surface area contributed by atoms with E-state index in [0.29, 0.717) is 17.0 Å². The molecule has 0 aliphatic carbocycles. The molecule has 2 aromatic heterocycles. The summed E-state index contributed by atoms with van der Waals surface area (Å²) in [7, 11) is 1.53. The number of aromatic amines is 1. The van der Waals surface area contributed by atoms with E-state index in [-0.39, 0.29) is 22.2 Å². The van der Waals surface area contributed by atoms with Crippen LogP contribution in [0.2, 0.25) is 0 Å². The first-order chi connectivity index (χ1) is 12.3. The summed E-state index contributed by atoms with van der Waals surface area (Å²) in [5.41, 5.74) is 2.04. The molecule has 0 fully saturated rings. The molecule has 0 aliphatic rings. The van der Waals surface area contributed by atoms with Crippen molar-refractivity contribution in [1.29, 1.82) is 0 Å². The zero-order valence-corrected chi connectivity index (χ0v) is 14.6. The van der Waals surface area contributed by atoms with Crippen molar-refractivity contribution in [3.05, 3.63) is 41.7 Å². The molecule has 1 unspecified atom stereocenters. The Balaban J connectivity index is 1.83. The number of fused-ring (bicyclic) bond motifs is 1. The van der Waals surface area contributed by atoms with E-state index in [2.05, 4.69) is 19.7 Å². The lowest BCUT2D eigenvalue weighted by atomic mass is 10.2. The van der Waals surface area contributed by atoms with E-state index in [1.165, 1.54) is 13.2 Å². The number of benzene rings is 1. The van der Waals surface area contributed by atoms with Gasteiger partial charge in [-0.3, -0.25) is 9.97 Å². The predicted molar refractivity (Wildman–Crippen MR) is 88.4 cm³/mol. The molecule has 6 nitrogen and oxygen atoms in total. The Labute approximate surface area is 149 Å². The molecule has 2 heterocycles. The van der Waals surface area contributed by atoms with Gasteiger partial charge in [0.25, 0.3) is 0 Å². The minimum absolute atomic E-state index is 0.0920. The quantitative estimate of drug-likeness (QED) is 0.680. The van der Waals surface area contributed by atoms with Gasteiger partial charge in [-0.05, 0) is 25.1 Å². The smallest absolute Gasteiger partial charge is 0.573 e. The second kappa shape index (κ2) is 7.04. The molecule has 0 spiro atoms. The molecular formula is C16H14F3N3O3S. The van der Waals surface area contributed by atoms with Crippen LogP contribution in [0.1, 0.15) is 11.3 Å². The van der Waals surface area contributed by atoms with Crippen LogP contribution in [0.4, 0.5) is 13.2 Å². The number of rotatable bonds is 5. The van der Waals surface area contributed by atoms with E-state index in [0.717, 1.165) is 17.7 Å². The number of imidazole rings is 1. The monoisotopic (exact) mass is 385 g/mol. The van der Waals surface area contributed by atoms with Gasteiger partial charge < -0.3 is 14.0 Å². The molecule has 0 aliphatic heterocycles. The second-order valence-corrected chi connectivity index (χ2v) is 6.71. The Hall–Kier alpha value is -2.46. The second-order valence-electron chi connectivity index (χ2n) is 5.34. The maximum atomic E-state index is 12.6. The highest BCUT2D eigenvalue weighted by atomic mass is 32.2. The maximum absolute atomic E-state index is 12.6. The first-order valence-electron chi connectivity index (χ1n) is 7.39. The Morgan fingerprint density at radius 1 is 1.27 bits per heavy atom. The van der Waals surface area contributed by atoms with E-state index in [9.17, 15) is 17.7 Å². The van der Waals surface area contributed by atoms with Gasteiger partial charge in [-0.15, -0.1) is 13.2 Å². The van der Waals surface area contributed by atoms with Crippen LogP contribution in [0.25, 0.3) is 11.0 Å². The lowest BCUT2D eigenvalue weighted by Gasteiger charge is -2.10. The van der Waals surface area contributed by atoms with E-state index in [1.54, 1.807) is 19.2 Å². The first-order valence-corrected chi connectivity index (χ1v) is 8.71. The van der Waals surface area contributed by atoms with Crippen LogP contribution in [0, 0.1) is 6.92 Å². The van der Waals surface area contributed by atoms with Gasteiger partial charge in [0.15, 0.2) is 5.75 Å². The third-order valence-corrected chi connectivity index (χ3v) is 4.79. The van der Waals surface area contributed by atoms with Crippen molar-refractivity contribution in [2.24, 2.45) is 0 Å². The minimum atomic E-state index is -4.79. The van der Waals surface area contributed by atoms with Crippen molar-refractivity contribution < 1.29 is 27.2 Å². The molecule has 0 radical (unpaired) electrons. The van der Waals surface area contributed by atoms with Crippen LogP contribution in [0.5, 0.6) is 11.5 Å². The Morgan fingerprint density at radius 3 is 2.73 bits per heavy atom. The largest absolute Gasteiger partial charge is 0.609 e. The summed E-state index contributed by atoms with van der Waals surface area (Å²) < 4.78 is 58.5. The highest BCUT2D eigenvalue weighted by Gasteiger charge is 2.31. The normalized spacial score (nSPS) is 13.0. The number of hydrogen-bond acceptors (Lipinski definition) is 5. The lowest BCUT2D eigenvalue weighted by Crippen LogP contribution is -2.16. The van der Waals surface area contributed by atoms with Crippen molar-refractivity contribution in [3.8, 4) is 11.5 Å².